The van der Waals surface area contributed by atoms with Gasteiger partial charge in [0, 0.05) is 42.7 Å². The zero-order chi connectivity index (χ0) is 22.8. The van der Waals surface area contributed by atoms with E-state index in [0.717, 1.165) is 30.7 Å². The van der Waals surface area contributed by atoms with Crippen molar-refractivity contribution in [2.45, 2.75) is 52.4 Å². The first-order valence-electron chi connectivity index (χ1n) is 10.3. The average molecular weight is 443 g/mol. The molecule has 0 spiro atoms. The van der Waals surface area contributed by atoms with Gasteiger partial charge in [0.15, 0.2) is 0 Å². The highest BCUT2D eigenvalue weighted by molar-refractivity contribution is 5.55. The zero-order valence-corrected chi connectivity index (χ0v) is 17.6. The van der Waals surface area contributed by atoms with Crippen LogP contribution in [0.2, 0.25) is 0 Å². The van der Waals surface area contributed by atoms with Crippen molar-refractivity contribution in [3.8, 4) is 6.07 Å². The number of aromatic nitrogens is 5. The summed E-state index contributed by atoms with van der Waals surface area (Å²) in [6.07, 6.45) is -1.61. The van der Waals surface area contributed by atoms with Gasteiger partial charge in [-0.05, 0) is 38.3 Å². The molecule has 32 heavy (non-hydrogen) atoms. The molecule has 1 aliphatic carbocycles. The quantitative estimate of drug-likeness (QED) is 0.618. The van der Waals surface area contributed by atoms with E-state index in [1.165, 1.54) is 9.08 Å². The van der Waals surface area contributed by atoms with Gasteiger partial charge in [0.25, 0.3) is 5.78 Å². The van der Waals surface area contributed by atoms with E-state index in [4.69, 9.17) is 0 Å². The average Bonchev–Trinajstić information content (AvgIpc) is 3.47. The summed E-state index contributed by atoms with van der Waals surface area (Å²) >= 11 is 0. The highest BCUT2D eigenvalue weighted by Crippen LogP contribution is 2.46. The third-order valence-electron chi connectivity index (χ3n) is 6.45. The Kier molecular flexibility index (Phi) is 4.34. The van der Waals surface area contributed by atoms with Gasteiger partial charge in [-0.25, -0.2) is 13.9 Å². The molecule has 1 aliphatic heterocycles. The van der Waals surface area contributed by atoms with Gasteiger partial charge in [0.2, 0.25) is 0 Å². The summed E-state index contributed by atoms with van der Waals surface area (Å²) < 4.78 is 42.1. The minimum Gasteiger partial charge on any atom is -0.351 e. The first kappa shape index (κ1) is 20.5. The van der Waals surface area contributed by atoms with Crippen LogP contribution in [0.3, 0.4) is 0 Å². The molecule has 3 aromatic heterocycles. The second-order valence-corrected chi connectivity index (χ2v) is 8.61. The molecule has 0 bridgehead atoms. The molecule has 11 heteroatoms. The number of anilines is 1. The third-order valence-corrected chi connectivity index (χ3v) is 6.45. The fourth-order valence-corrected chi connectivity index (χ4v) is 4.19. The number of nitriles is 1. The zero-order valence-electron chi connectivity index (χ0n) is 17.6. The molecule has 3 aromatic rings. The fraction of sp³-hybridized carbons (Fsp3) is 0.476. The number of aryl methyl sites for hydroxylation is 1. The third kappa shape index (κ3) is 3.21. The lowest BCUT2D eigenvalue weighted by Gasteiger charge is -2.31. The lowest BCUT2D eigenvalue weighted by atomic mass is 10.0. The Labute approximate surface area is 180 Å². The predicted octanol–water partition coefficient (Wildman–Crippen LogP) is 2.79. The van der Waals surface area contributed by atoms with Crippen LogP contribution in [-0.4, -0.2) is 30.7 Å². The fourth-order valence-electron chi connectivity index (χ4n) is 4.19. The summed E-state index contributed by atoms with van der Waals surface area (Å²) in [5.41, 5.74) is 0.928. The van der Waals surface area contributed by atoms with Crippen LogP contribution in [0.4, 0.5) is 19.0 Å². The molecule has 0 atom stereocenters. The van der Waals surface area contributed by atoms with Crippen LogP contribution in [0.1, 0.15) is 40.9 Å². The maximum absolute atomic E-state index is 13.1. The summed E-state index contributed by atoms with van der Waals surface area (Å²) in [6.45, 7) is 4.62. The van der Waals surface area contributed by atoms with Crippen molar-refractivity contribution < 1.29 is 13.2 Å². The molecular formula is C21H20F3N7O. The van der Waals surface area contributed by atoms with E-state index >= 15 is 0 Å². The Balaban J connectivity index is 1.53. The van der Waals surface area contributed by atoms with Crippen LogP contribution in [0.5, 0.6) is 0 Å². The van der Waals surface area contributed by atoms with Crippen molar-refractivity contribution in [1.29, 1.82) is 5.26 Å². The monoisotopic (exact) mass is 443 g/mol. The predicted molar refractivity (Wildman–Crippen MR) is 108 cm³/mol. The number of hydrogen-bond donors (Lipinski definition) is 0. The first-order valence-corrected chi connectivity index (χ1v) is 10.3. The molecule has 4 heterocycles. The van der Waals surface area contributed by atoms with Crippen molar-refractivity contribution in [1.82, 2.24) is 24.1 Å². The molecular weight excluding hydrogens is 423 g/mol. The number of fused-ring (bicyclic) bond motifs is 2. The van der Waals surface area contributed by atoms with Crippen LogP contribution >= 0.6 is 0 Å². The summed E-state index contributed by atoms with van der Waals surface area (Å²) in [5.74, 6) is 0.798. The molecule has 1 fully saturated rings. The largest absolute Gasteiger partial charge is 0.417 e. The van der Waals surface area contributed by atoms with E-state index in [2.05, 4.69) is 21.1 Å². The number of nitrogens with zero attached hydrogens (tertiary/aromatic N) is 7. The molecule has 0 N–H and O–H groups in total. The van der Waals surface area contributed by atoms with E-state index in [0.29, 0.717) is 35.7 Å². The Morgan fingerprint density at radius 1 is 1.28 bits per heavy atom. The van der Waals surface area contributed by atoms with E-state index in [-0.39, 0.29) is 24.6 Å². The van der Waals surface area contributed by atoms with Gasteiger partial charge in [0.05, 0.1) is 23.6 Å². The minimum absolute atomic E-state index is 0.217. The van der Waals surface area contributed by atoms with Crippen molar-refractivity contribution in [2.24, 2.45) is 5.41 Å². The van der Waals surface area contributed by atoms with Gasteiger partial charge in [-0.15, -0.1) is 5.10 Å². The topological polar surface area (TPSA) is 92.1 Å². The summed E-state index contributed by atoms with van der Waals surface area (Å²) in [4.78, 5) is 23.4. The van der Waals surface area contributed by atoms with Crippen LogP contribution < -0.4 is 10.6 Å². The molecule has 0 saturated heterocycles. The molecule has 0 amide bonds. The van der Waals surface area contributed by atoms with Crippen molar-refractivity contribution in [2.75, 3.05) is 11.4 Å². The second kappa shape index (κ2) is 6.79. The lowest BCUT2D eigenvalue weighted by Crippen LogP contribution is -2.33. The smallest absolute Gasteiger partial charge is 0.351 e. The molecule has 0 radical (unpaired) electrons. The van der Waals surface area contributed by atoms with Crippen molar-refractivity contribution in [3.63, 3.8) is 0 Å². The van der Waals surface area contributed by atoms with Crippen LogP contribution in [-0.2, 0) is 25.7 Å². The van der Waals surface area contributed by atoms with Crippen molar-refractivity contribution >= 4 is 11.6 Å². The SMILES string of the molecule is Cc1c(N2CCc3ncc(C(F)(F)F)cc3C2)nc2nn(CC3(C#N)CC3)c(=O)n2c1C. The Bertz CT molecular complexity index is 1340. The standard InChI is InChI=1S/C21H20F3N7O/c1-12-13(2)31-18(28-30(19(31)32)11-20(10-25)4-5-20)27-17(12)29-6-3-16-14(9-29)7-15(8-26-16)21(22,23)24/h7-8H,3-6,9,11H2,1-2H3. The number of hydrogen-bond acceptors (Lipinski definition) is 6. The summed E-state index contributed by atoms with van der Waals surface area (Å²) in [5, 5.41) is 13.7. The van der Waals surface area contributed by atoms with E-state index in [1.54, 1.807) is 6.92 Å². The summed E-state index contributed by atoms with van der Waals surface area (Å²) in [6, 6.07) is 3.41. The minimum atomic E-state index is -4.45. The normalized spacial score (nSPS) is 17.3. The van der Waals surface area contributed by atoms with Gasteiger partial charge in [0.1, 0.15) is 5.82 Å². The first-order chi connectivity index (χ1) is 15.1. The Morgan fingerprint density at radius 3 is 2.69 bits per heavy atom. The van der Waals surface area contributed by atoms with Crippen LogP contribution in [0.15, 0.2) is 17.1 Å². The number of rotatable bonds is 3. The maximum Gasteiger partial charge on any atom is 0.417 e. The van der Waals surface area contributed by atoms with Gasteiger partial charge in [-0.3, -0.25) is 4.98 Å². The molecule has 0 aromatic carbocycles. The molecule has 5 rings (SSSR count). The van der Waals surface area contributed by atoms with E-state index < -0.39 is 17.2 Å². The molecule has 1 saturated carbocycles. The number of pyridine rings is 1. The highest BCUT2D eigenvalue weighted by atomic mass is 19.4. The van der Waals surface area contributed by atoms with E-state index in [9.17, 15) is 23.2 Å². The van der Waals surface area contributed by atoms with E-state index in [1.807, 2.05) is 11.8 Å². The molecule has 8 nitrogen and oxygen atoms in total. The highest BCUT2D eigenvalue weighted by Gasteiger charge is 2.44. The van der Waals surface area contributed by atoms with Crippen LogP contribution in [0, 0.1) is 30.6 Å². The maximum atomic E-state index is 13.1. The molecule has 0 unspecified atom stereocenters. The van der Waals surface area contributed by atoms with Gasteiger partial charge in [-0.2, -0.15) is 23.4 Å². The van der Waals surface area contributed by atoms with Crippen molar-refractivity contribution in [3.05, 3.63) is 50.8 Å². The second-order valence-electron chi connectivity index (χ2n) is 8.61. The molecule has 166 valence electrons. The van der Waals surface area contributed by atoms with Gasteiger partial charge < -0.3 is 4.90 Å². The van der Waals surface area contributed by atoms with Gasteiger partial charge in [-0.1, -0.05) is 0 Å². The lowest BCUT2D eigenvalue weighted by molar-refractivity contribution is -0.137. The Morgan fingerprint density at radius 2 is 2.03 bits per heavy atom. The number of halogens is 3. The number of alkyl halides is 3. The Hall–Kier alpha value is -3.42. The van der Waals surface area contributed by atoms with Crippen LogP contribution in [0.25, 0.3) is 5.78 Å². The molecule has 2 aliphatic rings. The summed E-state index contributed by atoms with van der Waals surface area (Å²) in [7, 11) is 0. The van der Waals surface area contributed by atoms with Gasteiger partial charge >= 0.3 is 11.9 Å².